The number of hydrogen-bond acceptors (Lipinski definition) is 3. The van der Waals surface area contributed by atoms with E-state index >= 15 is 0 Å². The molecule has 1 aliphatic carbocycles. The highest BCUT2D eigenvalue weighted by Gasteiger charge is 2.40. The van der Waals surface area contributed by atoms with Gasteiger partial charge in [-0.25, -0.2) is 4.79 Å². The minimum atomic E-state index is -0.738. The quantitative estimate of drug-likeness (QED) is 0.749. The minimum Gasteiger partial charge on any atom is -0.335 e. The van der Waals surface area contributed by atoms with Gasteiger partial charge in [0.05, 0.1) is 6.42 Å². The summed E-state index contributed by atoms with van der Waals surface area (Å²) in [6, 6.07) is 7.31. The molecule has 2 aliphatic rings. The molecule has 6 nitrogen and oxygen atoms in total. The summed E-state index contributed by atoms with van der Waals surface area (Å²) < 4.78 is 0. The van der Waals surface area contributed by atoms with Crippen LogP contribution in [0, 0.1) is 6.92 Å². The maximum atomic E-state index is 13.1. The third-order valence-corrected chi connectivity index (χ3v) is 5.49. The number of nitrogens with one attached hydrogen (secondary N) is 1. The highest BCUT2D eigenvalue weighted by atomic mass is 16.2. The van der Waals surface area contributed by atoms with E-state index in [1.54, 1.807) is 0 Å². The number of hydrogen-bond donors (Lipinski definition) is 1. The standard InChI is InChI=1S/C21H29N3O3/c1-3-12-23-20(26)18(22-21(23)27)13-19(25)24(17-6-4-5-7-17)14-16-10-8-15(2)9-11-16/h8-11,17-18H,3-7,12-14H2,1-2H3,(H,22,27)/t18-/m0/s1. The van der Waals surface area contributed by atoms with Gasteiger partial charge in [0.1, 0.15) is 6.04 Å². The number of benzene rings is 1. The molecule has 4 amide bonds. The number of aryl methyl sites for hydroxylation is 1. The number of urea groups is 1. The molecular weight excluding hydrogens is 342 g/mol. The van der Waals surface area contributed by atoms with Crippen LogP contribution in [0.3, 0.4) is 0 Å². The van der Waals surface area contributed by atoms with E-state index < -0.39 is 6.04 Å². The Morgan fingerprint density at radius 3 is 2.48 bits per heavy atom. The third kappa shape index (κ3) is 4.49. The largest absolute Gasteiger partial charge is 0.335 e. The van der Waals surface area contributed by atoms with Gasteiger partial charge in [-0.05, 0) is 31.7 Å². The molecule has 0 radical (unpaired) electrons. The number of amides is 4. The molecule has 0 bridgehead atoms. The van der Waals surface area contributed by atoms with Gasteiger partial charge < -0.3 is 10.2 Å². The average Bonchev–Trinajstić information content (AvgIpc) is 3.26. The van der Waals surface area contributed by atoms with Crippen LogP contribution < -0.4 is 5.32 Å². The monoisotopic (exact) mass is 371 g/mol. The van der Waals surface area contributed by atoms with Crippen molar-refractivity contribution in [2.75, 3.05) is 6.54 Å². The number of carbonyl (C=O) groups excluding carboxylic acids is 3. The van der Waals surface area contributed by atoms with Crippen molar-refractivity contribution in [3.8, 4) is 0 Å². The van der Waals surface area contributed by atoms with Crippen molar-refractivity contribution in [3.05, 3.63) is 35.4 Å². The van der Waals surface area contributed by atoms with Gasteiger partial charge in [-0.3, -0.25) is 14.5 Å². The van der Waals surface area contributed by atoms with E-state index in [-0.39, 0.29) is 30.3 Å². The van der Waals surface area contributed by atoms with Crippen LogP contribution in [0.5, 0.6) is 0 Å². The van der Waals surface area contributed by atoms with Crippen LogP contribution in [-0.4, -0.2) is 46.3 Å². The van der Waals surface area contributed by atoms with Crippen molar-refractivity contribution in [3.63, 3.8) is 0 Å². The Balaban J connectivity index is 1.70. The van der Waals surface area contributed by atoms with E-state index in [1.165, 1.54) is 10.5 Å². The van der Waals surface area contributed by atoms with Gasteiger partial charge in [-0.1, -0.05) is 49.6 Å². The Bertz CT molecular complexity index is 695. The fourth-order valence-corrected chi connectivity index (χ4v) is 3.97. The molecule has 1 atom stereocenters. The van der Waals surface area contributed by atoms with E-state index in [4.69, 9.17) is 0 Å². The van der Waals surface area contributed by atoms with Gasteiger partial charge in [0, 0.05) is 19.1 Å². The lowest BCUT2D eigenvalue weighted by Crippen LogP contribution is -2.42. The van der Waals surface area contributed by atoms with Crippen LogP contribution in [0.15, 0.2) is 24.3 Å². The Kier molecular flexibility index (Phi) is 6.14. The summed E-state index contributed by atoms with van der Waals surface area (Å²) in [5.41, 5.74) is 2.28. The molecule has 1 saturated heterocycles. The summed E-state index contributed by atoms with van der Waals surface area (Å²) in [7, 11) is 0. The predicted molar refractivity (Wildman–Crippen MR) is 103 cm³/mol. The molecule has 2 fully saturated rings. The maximum absolute atomic E-state index is 13.1. The van der Waals surface area contributed by atoms with Gasteiger partial charge in [-0.2, -0.15) is 0 Å². The SMILES string of the molecule is CCCN1C(=O)N[C@@H](CC(=O)N(Cc2ccc(C)cc2)C2CCCC2)C1=O. The lowest BCUT2D eigenvalue weighted by Gasteiger charge is -2.30. The Morgan fingerprint density at radius 2 is 1.85 bits per heavy atom. The van der Waals surface area contributed by atoms with Crippen LogP contribution in [0.2, 0.25) is 0 Å². The second kappa shape index (κ2) is 8.55. The summed E-state index contributed by atoms with van der Waals surface area (Å²) in [5.74, 6) is -0.337. The molecular formula is C21H29N3O3. The zero-order chi connectivity index (χ0) is 19.4. The van der Waals surface area contributed by atoms with E-state index in [2.05, 4.69) is 29.6 Å². The smallest absolute Gasteiger partial charge is 0.324 e. The normalized spacial score (nSPS) is 20.2. The van der Waals surface area contributed by atoms with Crippen LogP contribution in [-0.2, 0) is 16.1 Å². The fourth-order valence-electron chi connectivity index (χ4n) is 3.97. The Morgan fingerprint density at radius 1 is 1.19 bits per heavy atom. The van der Waals surface area contributed by atoms with Crippen LogP contribution in [0.1, 0.15) is 56.6 Å². The first-order valence-electron chi connectivity index (χ1n) is 9.96. The summed E-state index contributed by atoms with van der Waals surface area (Å²) in [5, 5.41) is 2.68. The van der Waals surface area contributed by atoms with Gasteiger partial charge in [0.25, 0.3) is 5.91 Å². The molecule has 27 heavy (non-hydrogen) atoms. The average molecular weight is 371 g/mol. The second-order valence-electron chi connectivity index (χ2n) is 7.64. The molecule has 146 valence electrons. The topological polar surface area (TPSA) is 69.7 Å². The number of carbonyl (C=O) groups is 3. The summed E-state index contributed by atoms with van der Waals surface area (Å²) in [6.45, 7) is 4.91. The molecule has 1 heterocycles. The fraction of sp³-hybridized carbons (Fsp3) is 0.571. The molecule has 1 N–H and O–H groups in total. The highest BCUT2D eigenvalue weighted by Crippen LogP contribution is 2.26. The van der Waals surface area contributed by atoms with E-state index in [0.29, 0.717) is 19.5 Å². The first-order valence-corrected chi connectivity index (χ1v) is 9.96. The molecule has 1 saturated carbocycles. The predicted octanol–water partition coefficient (Wildman–Crippen LogP) is 2.99. The number of nitrogens with zero attached hydrogens (tertiary/aromatic N) is 2. The molecule has 1 aromatic rings. The van der Waals surface area contributed by atoms with Crippen molar-refractivity contribution in [2.45, 2.75) is 71.0 Å². The Labute approximate surface area is 160 Å². The lowest BCUT2D eigenvalue weighted by molar-refractivity contribution is -0.137. The van der Waals surface area contributed by atoms with Crippen LogP contribution >= 0.6 is 0 Å². The van der Waals surface area contributed by atoms with E-state index in [0.717, 1.165) is 31.2 Å². The number of imide groups is 1. The van der Waals surface area contributed by atoms with Crippen molar-refractivity contribution < 1.29 is 14.4 Å². The van der Waals surface area contributed by atoms with Crippen molar-refractivity contribution in [2.24, 2.45) is 0 Å². The van der Waals surface area contributed by atoms with Crippen LogP contribution in [0.25, 0.3) is 0 Å². The molecule has 0 spiro atoms. The molecule has 3 rings (SSSR count). The molecule has 1 aliphatic heterocycles. The van der Waals surface area contributed by atoms with E-state index in [9.17, 15) is 14.4 Å². The van der Waals surface area contributed by atoms with E-state index in [1.807, 2.05) is 18.7 Å². The van der Waals surface area contributed by atoms with Gasteiger partial charge in [0.15, 0.2) is 0 Å². The molecule has 0 aromatic heterocycles. The third-order valence-electron chi connectivity index (χ3n) is 5.49. The van der Waals surface area contributed by atoms with Gasteiger partial charge in [-0.15, -0.1) is 0 Å². The minimum absolute atomic E-state index is 0.0349. The van der Waals surface area contributed by atoms with Gasteiger partial charge in [0.2, 0.25) is 5.91 Å². The zero-order valence-electron chi connectivity index (χ0n) is 16.2. The second-order valence-corrected chi connectivity index (χ2v) is 7.64. The van der Waals surface area contributed by atoms with Crippen molar-refractivity contribution in [1.82, 2.24) is 15.1 Å². The molecule has 6 heteroatoms. The summed E-state index contributed by atoms with van der Waals surface area (Å²) in [4.78, 5) is 40.7. The van der Waals surface area contributed by atoms with Crippen molar-refractivity contribution in [1.29, 1.82) is 0 Å². The Hall–Kier alpha value is -2.37. The highest BCUT2D eigenvalue weighted by molar-refractivity contribution is 6.05. The number of rotatable bonds is 7. The molecule has 1 aromatic carbocycles. The van der Waals surface area contributed by atoms with Crippen molar-refractivity contribution >= 4 is 17.8 Å². The van der Waals surface area contributed by atoms with Gasteiger partial charge >= 0.3 is 6.03 Å². The summed E-state index contributed by atoms with van der Waals surface area (Å²) in [6.07, 6.45) is 5.01. The zero-order valence-corrected chi connectivity index (χ0v) is 16.2. The lowest BCUT2D eigenvalue weighted by atomic mass is 10.1. The maximum Gasteiger partial charge on any atom is 0.324 e. The molecule has 0 unspecified atom stereocenters. The summed E-state index contributed by atoms with van der Waals surface area (Å²) >= 11 is 0. The first kappa shape index (κ1) is 19.4. The van der Waals surface area contributed by atoms with Crippen LogP contribution in [0.4, 0.5) is 4.79 Å². The first-order chi connectivity index (χ1) is 13.0.